The van der Waals surface area contributed by atoms with Crippen LogP contribution in [-0.2, 0) is 16.1 Å². The molecular weight excluding hydrogens is 284 g/mol. The Hall–Kier alpha value is -1.36. The lowest BCUT2D eigenvalue weighted by atomic mass is 10.1. The Kier molecular flexibility index (Phi) is 2.43. The van der Waals surface area contributed by atoms with Gasteiger partial charge in [-0.1, -0.05) is 15.9 Å². The first kappa shape index (κ1) is 10.8. The molecule has 5 heteroatoms. The molecule has 1 aromatic rings. The zero-order valence-corrected chi connectivity index (χ0v) is 10.7. The van der Waals surface area contributed by atoms with Crippen molar-refractivity contribution in [2.24, 2.45) is 0 Å². The van der Waals surface area contributed by atoms with Gasteiger partial charge in [-0.25, -0.2) is 0 Å². The third kappa shape index (κ3) is 1.74. The number of anilines is 1. The Morgan fingerprint density at radius 2 is 2.18 bits per heavy atom. The van der Waals surface area contributed by atoms with Crippen LogP contribution in [0.25, 0.3) is 0 Å². The highest BCUT2D eigenvalue weighted by Gasteiger charge is 2.38. The van der Waals surface area contributed by atoms with E-state index in [1.165, 1.54) is 0 Å². The van der Waals surface area contributed by atoms with E-state index in [9.17, 15) is 9.59 Å². The topological polar surface area (TPSA) is 49.4 Å². The van der Waals surface area contributed by atoms with Crippen molar-refractivity contribution in [2.45, 2.75) is 25.4 Å². The van der Waals surface area contributed by atoms with Gasteiger partial charge in [-0.15, -0.1) is 0 Å². The van der Waals surface area contributed by atoms with Crippen molar-refractivity contribution in [3.05, 3.63) is 28.2 Å². The summed E-state index contributed by atoms with van der Waals surface area (Å²) < 4.78 is 0.954. The summed E-state index contributed by atoms with van der Waals surface area (Å²) in [6.45, 7) is 0.511. The average Bonchev–Trinajstić information content (AvgIpc) is 2.57. The van der Waals surface area contributed by atoms with Crippen molar-refractivity contribution in [2.75, 3.05) is 5.32 Å². The quantitative estimate of drug-likeness (QED) is 0.794. The highest BCUT2D eigenvalue weighted by atomic mass is 79.9. The molecule has 2 amide bonds. The minimum Gasteiger partial charge on any atom is -0.326 e. The molecule has 1 saturated heterocycles. The molecule has 4 nitrogen and oxygen atoms in total. The molecule has 1 aromatic carbocycles. The molecule has 3 rings (SSSR count). The van der Waals surface area contributed by atoms with E-state index in [2.05, 4.69) is 21.2 Å². The van der Waals surface area contributed by atoms with Crippen LogP contribution in [0.2, 0.25) is 0 Å². The second-order valence-corrected chi connectivity index (χ2v) is 5.28. The van der Waals surface area contributed by atoms with E-state index in [0.29, 0.717) is 19.4 Å². The van der Waals surface area contributed by atoms with Gasteiger partial charge in [0, 0.05) is 23.1 Å². The zero-order chi connectivity index (χ0) is 12.0. The number of hydrogen-bond acceptors (Lipinski definition) is 2. The Morgan fingerprint density at radius 3 is 3.00 bits per heavy atom. The molecule has 0 aromatic heterocycles. The fraction of sp³-hybridized carbons (Fsp3) is 0.333. The van der Waals surface area contributed by atoms with Crippen LogP contribution in [0.15, 0.2) is 22.7 Å². The van der Waals surface area contributed by atoms with Crippen LogP contribution >= 0.6 is 15.9 Å². The smallest absolute Gasteiger partial charge is 0.247 e. The molecule has 0 radical (unpaired) electrons. The van der Waals surface area contributed by atoms with Crippen molar-refractivity contribution in [3.63, 3.8) is 0 Å². The fourth-order valence-electron chi connectivity index (χ4n) is 2.42. The Balaban J connectivity index is 2.05. The summed E-state index contributed by atoms with van der Waals surface area (Å²) in [5.41, 5.74) is 1.78. The van der Waals surface area contributed by atoms with Gasteiger partial charge in [0.2, 0.25) is 11.8 Å². The third-order valence-corrected chi connectivity index (χ3v) is 3.79. The van der Waals surface area contributed by atoms with Gasteiger partial charge in [-0.2, -0.15) is 0 Å². The maximum Gasteiger partial charge on any atom is 0.247 e. The van der Waals surface area contributed by atoms with Gasteiger partial charge in [0.05, 0.1) is 0 Å². The number of hydrogen-bond donors (Lipinski definition) is 1. The van der Waals surface area contributed by atoms with Crippen LogP contribution < -0.4 is 5.32 Å². The maximum absolute atomic E-state index is 12.0. The Morgan fingerprint density at radius 1 is 1.35 bits per heavy atom. The molecule has 2 aliphatic heterocycles. The Bertz CT molecular complexity index is 515. The van der Waals surface area contributed by atoms with Gasteiger partial charge in [-0.05, 0) is 30.2 Å². The molecule has 17 heavy (non-hydrogen) atoms. The van der Waals surface area contributed by atoms with Crippen molar-refractivity contribution in [1.29, 1.82) is 0 Å². The SMILES string of the molecule is O=C1Nc2ccc(Br)cc2CN2C(=O)CC[C@@H]12. The van der Waals surface area contributed by atoms with Crippen LogP contribution in [0.5, 0.6) is 0 Å². The van der Waals surface area contributed by atoms with Gasteiger partial charge >= 0.3 is 0 Å². The minimum atomic E-state index is -0.298. The standard InChI is InChI=1S/C12H11BrN2O2/c13-8-1-2-9-7(5-8)6-15-10(12(17)14-9)3-4-11(15)16/h1-2,5,10H,3-4,6H2,(H,14,17)/t10-/m0/s1. The van der Waals surface area contributed by atoms with E-state index in [0.717, 1.165) is 15.7 Å². The highest BCUT2D eigenvalue weighted by molar-refractivity contribution is 9.10. The number of benzene rings is 1. The van der Waals surface area contributed by atoms with Crippen LogP contribution in [0, 0.1) is 0 Å². The first-order valence-electron chi connectivity index (χ1n) is 5.54. The lowest BCUT2D eigenvalue weighted by Crippen LogP contribution is -2.38. The molecule has 0 bridgehead atoms. The van der Waals surface area contributed by atoms with E-state index in [1.807, 2.05) is 18.2 Å². The molecule has 0 saturated carbocycles. The monoisotopic (exact) mass is 294 g/mol. The molecule has 2 aliphatic rings. The number of nitrogens with zero attached hydrogens (tertiary/aromatic N) is 1. The minimum absolute atomic E-state index is 0.0676. The molecular formula is C12H11BrN2O2. The molecule has 0 spiro atoms. The molecule has 2 heterocycles. The summed E-state index contributed by atoms with van der Waals surface area (Å²) >= 11 is 3.40. The van der Waals surface area contributed by atoms with Crippen molar-refractivity contribution < 1.29 is 9.59 Å². The summed E-state index contributed by atoms with van der Waals surface area (Å²) in [7, 11) is 0. The van der Waals surface area contributed by atoms with E-state index in [1.54, 1.807) is 4.90 Å². The molecule has 0 aliphatic carbocycles. The molecule has 88 valence electrons. The Labute approximate surface area is 107 Å². The molecule has 1 N–H and O–H groups in total. The molecule has 1 atom stereocenters. The van der Waals surface area contributed by atoms with E-state index in [4.69, 9.17) is 0 Å². The van der Waals surface area contributed by atoms with Crippen molar-refractivity contribution in [1.82, 2.24) is 4.90 Å². The normalized spacial score (nSPS) is 22.9. The van der Waals surface area contributed by atoms with Gasteiger partial charge in [-0.3, -0.25) is 9.59 Å². The van der Waals surface area contributed by atoms with Crippen LogP contribution in [0.3, 0.4) is 0 Å². The first-order chi connectivity index (χ1) is 8.15. The van der Waals surface area contributed by atoms with E-state index in [-0.39, 0.29) is 17.9 Å². The molecule has 0 unspecified atom stereocenters. The third-order valence-electron chi connectivity index (χ3n) is 3.30. The number of amides is 2. The average molecular weight is 295 g/mol. The van der Waals surface area contributed by atoms with Gasteiger partial charge in [0.25, 0.3) is 0 Å². The van der Waals surface area contributed by atoms with Gasteiger partial charge in [0.1, 0.15) is 6.04 Å². The number of halogens is 1. The lowest BCUT2D eigenvalue weighted by Gasteiger charge is -2.20. The largest absolute Gasteiger partial charge is 0.326 e. The summed E-state index contributed by atoms with van der Waals surface area (Å²) in [5, 5.41) is 2.89. The zero-order valence-electron chi connectivity index (χ0n) is 9.07. The van der Waals surface area contributed by atoms with Gasteiger partial charge in [0.15, 0.2) is 0 Å². The number of carbonyl (C=O) groups is 2. The van der Waals surface area contributed by atoms with Crippen LogP contribution in [0.1, 0.15) is 18.4 Å². The first-order valence-corrected chi connectivity index (χ1v) is 6.33. The van der Waals surface area contributed by atoms with Gasteiger partial charge < -0.3 is 10.2 Å². The number of nitrogens with one attached hydrogen (secondary N) is 1. The summed E-state index contributed by atoms with van der Waals surface area (Å²) in [5.74, 6) is -0.00472. The van der Waals surface area contributed by atoms with E-state index >= 15 is 0 Å². The maximum atomic E-state index is 12.0. The van der Waals surface area contributed by atoms with E-state index < -0.39 is 0 Å². The van der Waals surface area contributed by atoms with Crippen molar-refractivity contribution >= 4 is 33.4 Å². The summed E-state index contributed by atoms with van der Waals surface area (Å²) in [4.78, 5) is 25.4. The predicted molar refractivity (Wildman–Crippen MR) is 66.3 cm³/mol. The lowest BCUT2D eigenvalue weighted by molar-refractivity contribution is -0.133. The second-order valence-electron chi connectivity index (χ2n) is 4.37. The van der Waals surface area contributed by atoms with Crippen molar-refractivity contribution in [3.8, 4) is 0 Å². The highest BCUT2D eigenvalue weighted by Crippen LogP contribution is 2.30. The summed E-state index contributed by atoms with van der Waals surface area (Å²) in [6, 6.07) is 5.40. The predicted octanol–water partition coefficient (Wildman–Crippen LogP) is 1.89. The number of carbonyl (C=O) groups excluding carboxylic acids is 2. The van der Waals surface area contributed by atoms with Crippen LogP contribution in [0.4, 0.5) is 5.69 Å². The number of rotatable bonds is 0. The summed E-state index contributed by atoms with van der Waals surface area (Å²) in [6.07, 6.45) is 1.10. The van der Waals surface area contributed by atoms with Crippen LogP contribution in [-0.4, -0.2) is 22.8 Å². The number of fused-ring (bicyclic) bond motifs is 2. The molecule has 1 fully saturated rings. The second kappa shape index (κ2) is 3.84. The fourth-order valence-corrected chi connectivity index (χ4v) is 2.83.